The third kappa shape index (κ3) is 6.63. The summed E-state index contributed by atoms with van der Waals surface area (Å²) in [6.45, 7) is 8.07. The second kappa shape index (κ2) is 9.48. The van der Waals surface area contributed by atoms with Crippen LogP contribution in [0.1, 0.15) is 52.9 Å². The largest absolute Gasteiger partial charge is 0.376 e. The third-order valence-corrected chi connectivity index (χ3v) is 5.92. The highest BCUT2D eigenvalue weighted by Gasteiger charge is 2.33. The fourth-order valence-corrected chi connectivity index (χ4v) is 4.32. The fraction of sp³-hybridized carbons (Fsp3) is 0.636. The predicted octanol–water partition coefficient (Wildman–Crippen LogP) is 4.32. The molecule has 1 aliphatic heterocycles. The zero-order valence-electron chi connectivity index (χ0n) is 17.7. The van der Waals surface area contributed by atoms with Gasteiger partial charge in [0.05, 0.1) is 6.10 Å². The van der Waals surface area contributed by atoms with E-state index in [1.165, 1.54) is 0 Å². The van der Waals surface area contributed by atoms with Crippen LogP contribution in [0.4, 0.5) is 21.0 Å². The van der Waals surface area contributed by atoms with Crippen molar-refractivity contribution in [1.29, 1.82) is 0 Å². The molecular weight excluding hydrogens is 368 g/mol. The van der Waals surface area contributed by atoms with Crippen LogP contribution in [-0.4, -0.2) is 37.4 Å². The number of benzene rings is 1. The van der Waals surface area contributed by atoms with Gasteiger partial charge >= 0.3 is 12.1 Å². The zero-order valence-corrected chi connectivity index (χ0v) is 17.7. The highest BCUT2D eigenvalue weighted by Crippen LogP contribution is 2.38. The van der Waals surface area contributed by atoms with Gasteiger partial charge in [0.15, 0.2) is 0 Å². The summed E-state index contributed by atoms with van der Waals surface area (Å²) in [7, 11) is 0. The molecule has 2 aliphatic rings. The third-order valence-electron chi connectivity index (χ3n) is 5.92. The Kier molecular flexibility index (Phi) is 7.00. The Morgan fingerprint density at radius 3 is 2.31 bits per heavy atom. The van der Waals surface area contributed by atoms with Crippen LogP contribution in [0.15, 0.2) is 24.3 Å². The molecule has 4 amide bonds. The minimum Gasteiger partial charge on any atom is -0.376 e. The van der Waals surface area contributed by atoms with Gasteiger partial charge in [0.1, 0.15) is 0 Å². The lowest BCUT2D eigenvalue weighted by molar-refractivity contribution is 0.112. The van der Waals surface area contributed by atoms with E-state index in [9.17, 15) is 9.59 Å². The predicted molar refractivity (Wildman–Crippen MR) is 115 cm³/mol. The van der Waals surface area contributed by atoms with Crippen molar-refractivity contribution in [3.05, 3.63) is 24.3 Å². The van der Waals surface area contributed by atoms with Crippen molar-refractivity contribution in [1.82, 2.24) is 10.6 Å². The molecule has 0 aromatic heterocycles. The molecule has 29 heavy (non-hydrogen) atoms. The lowest BCUT2D eigenvalue weighted by Crippen LogP contribution is -2.46. The Labute approximate surface area is 173 Å². The summed E-state index contributed by atoms with van der Waals surface area (Å²) >= 11 is 0. The minimum atomic E-state index is -0.256. The van der Waals surface area contributed by atoms with E-state index in [0.717, 1.165) is 38.7 Å². The molecule has 3 rings (SSSR count). The molecule has 3 unspecified atom stereocenters. The van der Waals surface area contributed by atoms with Gasteiger partial charge in [-0.2, -0.15) is 0 Å². The van der Waals surface area contributed by atoms with Crippen LogP contribution in [0.25, 0.3) is 0 Å². The number of ether oxygens (including phenoxy) is 1. The molecule has 0 bridgehead atoms. The molecule has 1 saturated heterocycles. The molecule has 7 nitrogen and oxygen atoms in total. The molecule has 1 saturated carbocycles. The van der Waals surface area contributed by atoms with Gasteiger partial charge in [-0.05, 0) is 67.7 Å². The number of rotatable bonds is 5. The molecule has 1 aliphatic carbocycles. The maximum absolute atomic E-state index is 12.3. The molecule has 1 heterocycles. The van der Waals surface area contributed by atoms with E-state index in [-0.39, 0.29) is 24.2 Å². The van der Waals surface area contributed by atoms with Crippen LogP contribution in [0.5, 0.6) is 0 Å². The number of amides is 4. The van der Waals surface area contributed by atoms with E-state index in [1.54, 1.807) is 24.3 Å². The first-order valence-corrected chi connectivity index (χ1v) is 10.6. The summed E-state index contributed by atoms with van der Waals surface area (Å²) in [5.74, 6) is 0.462. The second-order valence-corrected chi connectivity index (χ2v) is 9.14. The van der Waals surface area contributed by atoms with Gasteiger partial charge in [0.25, 0.3) is 0 Å². The number of hydrogen-bond acceptors (Lipinski definition) is 3. The molecule has 1 aromatic carbocycles. The summed E-state index contributed by atoms with van der Waals surface area (Å²) in [4.78, 5) is 24.3. The molecule has 0 radical (unpaired) electrons. The van der Waals surface area contributed by atoms with E-state index >= 15 is 0 Å². The quantitative estimate of drug-likeness (QED) is 0.591. The van der Waals surface area contributed by atoms with E-state index in [1.807, 2.05) is 0 Å². The molecule has 1 aromatic rings. The summed E-state index contributed by atoms with van der Waals surface area (Å²) < 4.78 is 5.49. The Morgan fingerprint density at radius 1 is 1.07 bits per heavy atom. The SMILES string of the molecule is CC1CC(C)(C)CCC1NC(=O)Nc1ccc(NC(=O)NCC2CCCO2)cc1. The van der Waals surface area contributed by atoms with Crippen molar-refractivity contribution >= 4 is 23.4 Å². The Bertz CT molecular complexity index is 699. The van der Waals surface area contributed by atoms with Crippen molar-refractivity contribution in [2.24, 2.45) is 11.3 Å². The van der Waals surface area contributed by atoms with Crippen LogP contribution in [0.3, 0.4) is 0 Å². The molecule has 0 spiro atoms. The van der Waals surface area contributed by atoms with Gasteiger partial charge in [-0.25, -0.2) is 9.59 Å². The molecule has 7 heteroatoms. The van der Waals surface area contributed by atoms with Gasteiger partial charge < -0.3 is 26.0 Å². The molecule has 160 valence electrons. The maximum atomic E-state index is 12.3. The van der Waals surface area contributed by atoms with Crippen molar-refractivity contribution in [2.45, 2.75) is 65.0 Å². The van der Waals surface area contributed by atoms with Gasteiger partial charge in [-0.1, -0.05) is 20.8 Å². The van der Waals surface area contributed by atoms with Crippen molar-refractivity contribution in [3.8, 4) is 0 Å². The Hall–Kier alpha value is -2.28. The Balaban J connectivity index is 1.41. The molecule has 4 N–H and O–H groups in total. The van der Waals surface area contributed by atoms with Crippen LogP contribution >= 0.6 is 0 Å². The average Bonchev–Trinajstić information content (AvgIpc) is 3.17. The molecule has 2 fully saturated rings. The van der Waals surface area contributed by atoms with Gasteiger partial charge in [-0.15, -0.1) is 0 Å². The van der Waals surface area contributed by atoms with Crippen LogP contribution in [0.2, 0.25) is 0 Å². The molecule has 3 atom stereocenters. The minimum absolute atomic E-state index is 0.115. The number of carbonyl (C=O) groups excluding carboxylic acids is 2. The molecular formula is C22H34N4O3. The van der Waals surface area contributed by atoms with E-state index in [2.05, 4.69) is 42.0 Å². The van der Waals surface area contributed by atoms with E-state index in [0.29, 0.717) is 29.3 Å². The number of anilines is 2. The normalized spacial score (nSPS) is 25.8. The zero-order chi connectivity index (χ0) is 20.9. The standard InChI is InChI=1S/C22H34N4O3/c1-15-13-22(2,3)11-10-19(15)26-21(28)25-17-8-6-16(7-9-17)24-20(27)23-14-18-5-4-12-29-18/h6-9,15,18-19H,4-5,10-14H2,1-3H3,(H2,23,24,27)(H2,25,26,28). The highest BCUT2D eigenvalue weighted by atomic mass is 16.5. The summed E-state index contributed by atoms with van der Waals surface area (Å²) in [6, 6.07) is 6.87. The number of hydrogen-bond donors (Lipinski definition) is 4. The first-order valence-electron chi connectivity index (χ1n) is 10.6. The lowest BCUT2D eigenvalue weighted by atomic mass is 9.70. The summed E-state index contributed by atoms with van der Waals surface area (Å²) in [6.07, 6.45) is 5.40. The fourth-order valence-electron chi connectivity index (χ4n) is 4.32. The number of urea groups is 2. The van der Waals surface area contributed by atoms with Gasteiger partial charge in [0.2, 0.25) is 0 Å². The monoisotopic (exact) mass is 402 g/mol. The van der Waals surface area contributed by atoms with Gasteiger partial charge in [0, 0.05) is 30.6 Å². The van der Waals surface area contributed by atoms with Crippen LogP contribution < -0.4 is 21.3 Å². The van der Waals surface area contributed by atoms with Crippen LogP contribution in [-0.2, 0) is 4.74 Å². The summed E-state index contributed by atoms with van der Waals surface area (Å²) in [5.41, 5.74) is 1.72. The van der Waals surface area contributed by atoms with Crippen molar-refractivity contribution in [2.75, 3.05) is 23.8 Å². The number of carbonyl (C=O) groups is 2. The smallest absolute Gasteiger partial charge is 0.319 e. The first-order chi connectivity index (χ1) is 13.8. The maximum Gasteiger partial charge on any atom is 0.319 e. The first kappa shape index (κ1) is 21.4. The van der Waals surface area contributed by atoms with Gasteiger partial charge in [-0.3, -0.25) is 0 Å². The Morgan fingerprint density at radius 2 is 1.72 bits per heavy atom. The van der Waals surface area contributed by atoms with Crippen molar-refractivity contribution < 1.29 is 14.3 Å². The number of nitrogens with one attached hydrogen (secondary N) is 4. The highest BCUT2D eigenvalue weighted by molar-refractivity contribution is 5.91. The second-order valence-electron chi connectivity index (χ2n) is 9.14. The lowest BCUT2D eigenvalue weighted by Gasteiger charge is -2.39. The van der Waals surface area contributed by atoms with Crippen molar-refractivity contribution in [3.63, 3.8) is 0 Å². The topological polar surface area (TPSA) is 91.5 Å². The average molecular weight is 403 g/mol. The van der Waals surface area contributed by atoms with E-state index in [4.69, 9.17) is 4.74 Å². The summed E-state index contributed by atoms with van der Waals surface area (Å²) in [5, 5.41) is 11.6. The van der Waals surface area contributed by atoms with Crippen LogP contribution in [0, 0.1) is 11.3 Å². The van der Waals surface area contributed by atoms with E-state index < -0.39 is 0 Å².